The maximum Gasteiger partial charge on any atom is 0.225 e. The van der Waals surface area contributed by atoms with Crippen molar-refractivity contribution in [3.8, 4) is 6.07 Å². The molecule has 0 spiro atoms. The molecule has 1 aliphatic carbocycles. The van der Waals surface area contributed by atoms with Crippen LogP contribution in [0.4, 0.5) is 5.69 Å². The largest absolute Gasteiger partial charge is 0.326 e. The number of amides is 1. The van der Waals surface area contributed by atoms with Gasteiger partial charge in [-0.25, -0.2) is 4.98 Å². The summed E-state index contributed by atoms with van der Waals surface area (Å²) >= 11 is 7.55. The molecule has 1 aromatic heterocycles. The Morgan fingerprint density at radius 1 is 1.35 bits per heavy atom. The minimum absolute atomic E-state index is 0.0751. The summed E-state index contributed by atoms with van der Waals surface area (Å²) in [7, 11) is 0. The van der Waals surface area contributed by atoms with Crippen LogP contribution >= 0.6 is 23.4 Å². The fourth-order valence-corrected chi connectivity index (χ4v) is 4.04. The number of fused-ring (bicyclic) bond motifs is 1. The number of pyridine rings is 1. The molecule has 0 fully saturated rings. The van der Waals surface area contributed by atoms with E-state index >= 15 is 0 Å². The Hall–Kier alpha value is -2.03. The first-order chi connectivity index (χ1) is 12.6. The molecule has 0 unspecified atom stereocenters. The topological polar surface area (TPSA) is 65.8 Å². The number of halogens is 1. The highest BCUT2D eigenvalue weighted by Crippen LogP contribution is 2.28. The van der Waals surface area contributed by atoms with Crippen LogP contribution in [0.15, 0.2) is 29.3 Å². The van der Waals surface area contributed by atoms with Crippen LogP contribution in [0.5, 0.6) is 0 Å². The van der Waals surface area contributed by atoms with Gasteiger partial charge in [-0.1, -0.05) is 17.7 Å². The molecule has 0 radical (unpaired) electrons. The van der Waals surface area contributed by atoms with Gasteiger partial charge in [0.1, 0.15) is 11.1 Å². The number of nitrogens with one attached hydrogen (secondary N) is 1. The number of nitriles is 1. The molecule has 6 heteroatoms. The predicted molar refractivity (Wildman–Crippen MR) is 106 cm³/mol. The van der Waals surface area contributed by atoms with Crippen LogP contribution in [0.3, 0.4) is 0 Å². The predicted octanol–water partition coefficient (Wildman–Crippen LogP) is 4.91. The molecule has 4 nitrogen and oxygen atoms in total. The van der Waals surface area contributed by atoms with Crippen molar-refractivity contribution in [1.82, 2.24) is 4.98 Å². The normalized spacial score (nSPS) is 13.0. The Labute approximate surface area is 163 Å². The first-order valence-electron chi connectivity index (χ1n) is 8.68. The highest BCUT2D eigenvalue weighted by Gasteiger charge is 2.15. The highest BCUT2D eigenvalue weighted by molar-refractivity contribution is 7.99. The molecule has 1 N–H and O–H groups in total. The van der Waals surface area contributed by atoms with E-state index in [4.69, 9.17) is 11.6 Å². The Balaban J connectivity index is 1.58. The molecule has 26 heavy (non-hydrogen) atoms. The summed E-state index contributed by atoms with van der Waals surface area (Å²) < 4.78 is 0. The van der Waals surface area contributed by atoms with Gasteiger partial charge in [0.2, 0.25) is 5.91 Å². The van der Waals surface area contributed by atoms with Crippen molar-refractivity contribution in [2.45, 2.75) is 44.1 Å². The summed E-state index contributed by atoms with van der Waals surface area (Å²) in [5.74, 6) is 0.500. The number of nitrogens with zero attached hydrogens (tertiary/aromatic N) is 2. The molecule has 1 aromatic carbocycles. The molecular formula is C20H20ClN3OS. The number of carbonyl (C=O) groups excluding carboxylic acids is 1. The summed E-state index contributed by atoms with van der Waals surface area (Å²) in [5, 5.41) is 13.6. The van der Waals surface area contributed by atoms with E-state index in [2.05, 4.69) is 16.4 Å². The number of thioether (sulfide) groups is 1. The lowest BCUT2D eigenvalue weighted by atomic mass is 9.95. The van der Waals surface area contributed by atoms with Crippen LogP contribution < -0.4 is 5.32 Å². The average Bonchev–Trinajstić information content (AvgIpc) is 2.64. The van der Waals surface area contributed by atoms with E-state index in [0.717, 1.165) is 42.0 Å². The minimum Gasteiger partial charge on any atom is -0.326 e. The van der Waals surface area contributed by atoms with Gasteiger partial charge in [0, 0.05) is 28.6 Å². The summed E-state index contributed by atoms with van der Waals surface area (Å²) in [6.07, 6.45) is 4.64. The van der Waals surface area contributed by atoms with E-state index in [1.54, 1.807) is 6.07 Å². The van der Waals surface area contributed by atoms with Gasteiger partial charge in [0.05, 0.1) is 5.56 Å². The molecule has 0 aliphatic heterocycles. The lowest BCUT2D eigenvalue weighted by Crippen LogP contribution is -2.12. The van der Waals surface area contributed by atoms with E-state index in [-0.39, 0.29) is 5.91 Å². The molecule has 0 saturated heterocycles. The van der Waals surface area contributed by atoms with Gasteiger partial charge < -0.3 is 5.32 Å². The quantitative estimate of drug-likeness (QED) is 0.742. The zero-order chi connectivity index (χ0) is 18.5. The number of anilines is 1. The molecular weight excluding hydrogens is 366 g/mol. The van der Waals surface area contributed by atoms with Gasteiger partial charge in [-0.15, -0.1) is 11.8 Å². The Morgan fingerprint density at radius 2 is 2.15 bits per heavy atom. The number of carbonyl (C=O) groups is 1. The molecule has 1 heterocycles. The van der Waals surface area contributed by atoms with Crippen LogP contribution in [-0.2, 0) is 17.6 Å². The smallest absolute Gasteiger partial charge is 0.225 e. The second-order valence-corrected chi connectivity index (χ2v) is 7.87. The van der Waals surface area contributed by atoms with E-state index < -0.39 is 0 Å². The van der Waals surface area contributed by atoms with E-state index in [1.165, 1.54) is 17.3 Å². The van der Waals surface area contributed by atoms with Crippen molar-refractivity contribution in [3.63, 3.8) is 0 Å². The fourth-order valence-electron chi connectivity index (χ4n) is 2.94. The number of aromatic nitrogens is 1. The summed E-state index contributed by atoms with van der Waals surface area (Å²) in [6, 6.07) is 9.67. The molecule has 0 bridgehead atoms. The number of hydrogen-bond donors (Lipinski definition) is 1. The van der Waals surface area contributed by atoms with Gasteiger partial charge >= 0.3 is 0 Å². The van der Waals surface area contributed by atoms with Gasteiger partial charge in [-0.3, -0.25) is 4.79 Å². The highest BCUT2D eigenvalue weighted by atomic mass is 35.5. The summed E-state index contributed by atoms with van der Waals surface area (Å²) in [5.41, 5.74) is 4.59. The first kappa shape index (κ1) is 18.8. The van der Waals surface area contributed by atoms with Gasteiger partial charge in [-0.05, 0) is 61.9 Å². The summed E-state index contributed by atoms with van der Waals surface area (Å²) in [4.78, 5) is 16.8. The maximum absolute atomic E-state index is 12.1. The molecule has 1 aliphatic rings. The number of benzene rings is 1. The van der Waals surface area contributed by atoms with Crippen LogP contribution in [0, 0.1) is 18.3 Å². The molecule has 134 valence electrons. The van der Waals surface area contributed by atoms with Crippen molar-refractivity contribution in [3.05, 3.63) is 51.7 Å². The SMILES string of the molecule is Cc1ccc(NC(=O)CCSc2nc3c(cc2C#N)CCCC3)cc1Cl. The number of hydrogen-bond acceptors (Lipinski definition) is 4. The van der Waals surface area contributed by atoms with Crippen LogP contribution in [0.1, 0.15) is 41.6 Å². The van der Waals surface area contributed by atoms with Gasteiger partial charge in [0.15, 0.2) is 0 Å². The number of rotatable bonds is 5. The lowest BCUT2D eigenvalue weighted by Gasteiger charge is -2.16. The number of aryl methyl sites for hydroxylation is 3. The molecule has 0 saturated carbocycles. The molecule has 2 aromatic rings. The zero-order valence-corrected chi connectivity index (χ0v) is 16.2. The Kier molecular flexibility index (Phi) is 6.18. The maximum atomic E-state index is 12.1. The third-order valence-electron chi connectivity index (χ3n) is 4.41. The minimum atomic E-state index is -0.0751. The standard InChI is InChI=1S/C20H20ClN3OS/c1-13-6-7-16(11-17(13)21)23-19(25)8-9-26-20-15(12-22)10-14-4-2-3-5-18(14)24-20/h6-7,10-11H,2-5,8-9H2,1H3,(H,23,25). The van der Waals surface area contributed by atoms with E-state index in [0.29, 0.717) is 28.4 Å². The monoisotopic (exact) mass is 385 g/mol. The third kappa shape index (κ3) is 4.57. The van der Waals surface area contributed by atoms with Crippen LogP contribution in [0.25, 0.3) is 0 Å². The lowest BCUT2D eigenvalue weighted by molar-refractivity contribution is -0.115. The van der Waals surface area contributed by atoms with Crippen molar-refractivity contribution in [2.75, 3.05) is 11.1 Å². The molecule has 3 rings (SSSR count). The fraction of sp³-hybridized carbons (Fsp3) is 0.350. The Bertz CT molecular complexity index is 876. The first-order valence-corrected chi connectivity index (χ1v) is 10.0. The second-order valence-electron chi connectivity index (χ2n) is 6.38. The zero-order valence-electron chi connectivity index (χ0n) is 14.6. The molecule has 1 amide bonds. The third-order valence-corrected chi connectivity index (χ3v) is 5.81. The van der Waals surface area contributed by atoms with Crippen LogP contribution in [-0.4, -0.2) is 16.6 Å². The van der Waals surface area contributed by atoms with E-state index in [1.807, 2.05) is 25.1 Å². The van der Waals surface area contributed by atoms with Crippen molar-refractivity contribution >= 4 is 35.0 Å². The van der Waals surface area contributed by atoms with Gasteiger partial charge in [-0.2, -0.15) is 5.26 Å². The molecule has 0 atom stereocenters. The second kappa shape index (κ2) is 8.57. The summed E-state index contributed by atoms with van der Waals surface area (Å²) in [6.45, 7) is 1.92. The van der Waals surface area contributed by atoms with Crippen molar-refractivity contribution in [2.24, 2.45) is 0 Å². The van der Waals surface area contributed by atoms with E-state index in [9.17, 15) is 10.1 Å². The van der Waals surface area contributed by atoms with Crippen molar-refractivity contribution in [1.29, 1.82) is 5.26 Å². The average molecular weight is 386 g/mol. The van der Waals surface area contributed by atoms with Crippen LogP contribution in [0.2, 0.25) is 5.02 Å². The van der Waals surface area contributed by atoms with Gasteiger partial charge in [0.25, 0.3) is 0 Å². The Morgan fingerprint density at radius 3 is 2.92 bits per heavy atom. The van der Waals surface area contributed by atoms with Crippen molar-refractivity contribution < 1.29 is 4.79 Å².